The van der Waals surface area contributed by atoms with Crippen molar-refractivity contribution in [3.05, 3.63) is 29.6 Å². The summed E-state index contributed by atoms with van der Waals surface area (Å²) in [7, 11) is 0. The average molecular weight is 164 g/mol. The van der Waals surface area contributed by atoms with Gasteiger partial charge in [-0.3, -0.25) is 4.98 Å². The Balaban J connectivity index is 2.33. The first-order chi connectivity index (χ1) is 5.71. The lowest BCUT2D eigenvalue weighted by atomic mass is 9.88. The van der Waals surface area contributed by atoms with Gasteiger partial charge >= 0.3 is 0 Å². The zero-order valence-corrected chi connectivity index (χ0v) is 7.04. The van der Waals surface area contributed by atoms with Crippen molar-refractivity contribution in [2.75, 3.05) is 13.1 Å². The second kappa shape index (κ2) is 2.54. The molecule has 1 saturated heterocycles. The van der Waals surface area contributed by atoms with Gasteiger partial charge in [-0.05, 0) is 24.6 Å². The largest absolute Gasteiger partial charge is 0.382 e. The van der Waals surface area contributed by atoms with Crippen LogP contribution >= 0.6 is 0 Å². The predicted octanol–water partition coefficient (Wildman–Crippen LogP) is 0.181. The van der Waals surface area contributed by atoms with Crippen molar-refractivity contribution in [1.29, 1.82) is 0 Å². The first-order valence-corrected chi connectivity index (χ1v) is 4.07. The molecule has 0 bridgehead atoms. The number of hydrogen-bond donors (Lipinski definition) is 2. The van der Waals surface area contributed by atoms with Crippen LogP contribution in [-0.2, 0) is 5.60 Å². The molecule has 1 fully saturated rings. The highest BCUT2D eigenvalue weighted by Crippen LogP contribution is 2.24. The second-order valence-corrected chi connectivity index (χ2v) is 3.32. The molecule has 0 spiro atoms. The number of aliphatic hydroxyl groups is 1. The van der Waals surface area contributed by atoms with E-state index in [2.05, 4.69) is 10.3 Å². The Hall–Kier alpha value is -0.930. The minimum atomic E-state index is -0.645. The number of pyridine rings is 1. The molecule has 0 aliphatic carbocycles. The van der Waals surface area contributed by atoms with Crippen molar-refractivity contribution in [2.45, 2.75) is 12.5 Å². The summed E-state index contributed by atoms with van der Waals surface area (Å²) in [6, 6.07) is 3.80. The lowest BCUT2D eigenvalue weighted by molar-refractivity contribution is -0.0147. The van der Waals surface area contributed by atoms with E-state index in [1.165, 1.54) is 0 Å². The summed E-state index contributed by atoms with van der Waals surface area (Å²) in [5.74, 6) is 0. The average Bonchev–Trinajstić information content (AvgIpc) is 2.00. The van der Waals surface area contributed by atoms with Crippen LogP contribution in [0.4, 0.5) is 0 Å². The van der Waals surface area contributed by atoms with Gasteiger partial charge in [-0.15, -0.1) is 0 Å². The Kier molecular flexibility index (Phi) is 1.63. The van der Waals surface area contributed by atoms with E-state index in [-0.39, 0.29) is 0 Å². The van der Waals surface area contributed by atoms with Gasteiger partial charge in [0.25, 0.3) is 0 Å². The molecule has 0 unspecified atom stereocenters. The van der Waals surface area contributed by atoms with E-state index in [1.54, 1.807) is 6.20 Å². The zero-order chi connectivity index (χ0) is 8.60. The third-order valence-corrected chi connectivity index (χ3v) is 2.27. The first kappa shape index (κ1) is 7.71. The van der Waals surface area contributed by atoms with Crippen LogP contribution in [0.15, 0.2) is 18.3 Å². The first-order valence-electron chi connectivity index (χ1n) is 4.07. The van der Waals surface area contributed by atoms with Gasteiger partial charge in [-0.2, -0.15) is 0 Å². The quantitative estimate of drug-likeness (QED) is 0.622. The molecular formula is C9H12N2O. The summed E-state index contributed by atoms with van der Waals surface area (Å²) >= 11 is 0. The minimum Gasteiger partial charge on any atom is -0.382 e. The minimum absolute atomic E-state index is 0.645. The van der Waals surface area contributed by atoms with E-state index in [4.69, 9.17) is 0 Å². The van der Waals surface area contributed by atoms with Gasteiger partial charge in [0.05, 0.1) is 0 Å². The lowest BCUT2D eigenvalue weighted by Gasteiger charge is -2.38. The molecule has 0 atom stereocenters. The zero-order valence-electron chi connectivity index (χ0n) is 7.04. The number of nitrogens with one attached hydrogen (secondary N) is 1. The number of aromatic nitrogens is 1. The fourth-order valence-corrected chi connectivity index (χ4v) is 1.40. The van der Waals surface area contributed by atoms with Crippen LogP contribution < -0.4 is 5.32 Å². The Labute approximate surface area is 71.4 Å². The molecule has 2 heterocycles. The van der Waals surface area contributed by atoms with E-state index in [0.717, 1.165) is 11.3 Å². The number of nitrogens with zero attached hydrogens (tertiary/aromatic N) is 1. The molecule has 0 aromatic carbocycles. The van der Waals surface area contributed by atoms with Crippen LogP contribution in [0.3, 0.4) is 0 Å². The topological polar surface area (TPSA) is 45.1 Å². The van der Waals surface area contributed by atoms with E-state index < -0.39 is 5.60 Å². The van der Waals surface area contributed by atoms with Crippen molar-refractivity contribution in [1.82, 2.24) is 10.3 Å². The highest BCUT2D eigenvalue weighted by Gasteiger charge is 2.35. The number of β-amino-alcohol motifs (C(OH)–C–C–N with tert-alkyl or cyclic N) is 1. The molecule has 3 nitrogen and oxygen atoms in total. The molecule has 0 saturated carbocycles. The molecule has 1 aliphatic rings. The van der Waals surface area contributed by atoms with Crippen molar-refractivity contribution >= 4 is 0 Å². The Bertz CT molecular complexity index is 294. The van der Waals surface area contributed by atoms with Gasteiger partial charge in [0, 0.05) is 25.0 Å². The molecule has 12 heavy (non-hydrogen) atoms. The van der Waals surface area contributed by atoms with Crippen molar-refractivity contribution in [3.8, 4) is 0 Å². The molecule has 3 heteroatoms. The lowest BCUT2D eigenvalue weighted by Crippen LogP contribution is -2.56. The van der Waals surface area contributed by atoms with Gasteiger partial charge in [-0.25, -0.2) is 0 Å². The van der Waals surface area contributed by atoms with E-state index in [0.29, 0.717) is 13.1 Å². The summed E-state index contributed by atoms with van der Waals surface area (Å²) < 4.78 is 0. The SMILES string of the molecule is Cc1cc(C2(O)CNC2)ccn1. The van der Waals surface area contributed by atoms with Crippen molar-refractivity contribution in [3.63, 3.8) is 0 Å². The second-order valence-electron chi connectivity index (χ2n) is 3.32. The molecule has 0 amide bonds. The van der Waals surface area contributed by atoms with Gasteiger partial charge in [0.15, 0.2) is 0 Å². The van der Waals surface area contributed by atoms with E-state index >= 15 is 0 Å². The maximum absolute atomic E-state index is 9.92. The fourth-order valence-electron chi connectivity index (χ4n) is 1.40. The fraction of sp³-hybridized carbons (Fsp3) is 0.444. The van der Waals surface area contributed by atoms with Crippen LogP contribution in [0, 0.1) is 6.92 Å². The number of rotatable bonds is 1. The van der Waals surface area contributed by atoms with Gasteiger partial charge < -0.3 is 10.4 Å². The highest BCUT2D eigenvalue weighted by molar-refractivity contribution is 5.26. The number of aryl methyl sites for hydroxylation is 1. The van der Waals surface area contributed by atoms with Gasteiger partial charge in [0.2, 0.25) is 0 Å². The Morgan fingerprint density at radius 3 is 2.83 bits per heavy atom. The maximum Gasteiger partial charge on any atom is 0.114 e. The molecule has 2 rings (SSSR count). The molecule has 1 aromatic heterocycles. The summed E-state index contributed by atoms with van der Waals surface area (Å²) in [5.41, 5.74) is 1.27. The Morgan fingerprint density at radius 2 is 2.33 bits per heavy atom. The summed E-state index contributed by atoms with van der Waals surface area (Å²) in [6.45, 7) is 3.23. The summed E-state index contributed by atoms with van der Waals surface area (Å²) in [4.78, 5) is 4.08. The monoisotopic (exact) mass is 164 g/mol. The smallest absolute Gasteiger partial charge is 0.114 e. The van der Waals surface area contributed by atoms with E-state index in [1.807, 2.05) is 19.1 Å². The van der Waals surface area contributed by atoms with Crippen LogP contribution in [0.25, 0.3) is 0 Å². The predicted molar refractivity (Wildman–Crippen MR) is 45.7 cm³/mol. The molecule has 2 N–H and O–H groups in total. The van der Waals surface area contributed by atoms with Crippen molar-refractivity contribution < 1.29 is 5.11 Å². The Morgan fingerprint density at radius 1 is 1.58 bits per heavy atom. The summed E-state index contributed by atoms with van der Waals surface area (Å²) in [6.07, 6.45) is 1.74. The normalized spacial score (nSPS) is 20.2. The molecule has 1 aliphatic heterocycles. The molecular weight excluding hydrogens is 152 g/mol. The third kappa shape index (κ3) is 1.11. The standard InChI is InChI=1S/C9H12N2O/c1-7-4-8(2-3-11-7)9(12)5-10-6-9/h2-4,10,12H,5-6H2,1H3. The van der Waals surface area contributed by atoms with Gasteiger partial charge in [-0.1, -0.05) is 0 Å². The highest BCUT2D eigenvalue weighted by atomic mass is 16.3. The van der Waals surface area contributed by atoms with Crippen molar-refractivity contribution in [2.24, 2.45) is 0 Å². The van der Waals surface area contributed by atoms with Crippen LogP contribution in [-0.4, -0.2) is 23.2 Å². The molecule has 1 aromatic rings. The van der Waals surface area contributed by atoms with Crippen LogP contribution in [0.1, 0.15) is 11.3 Å². The summed E-state index contributed by atoms with van der Waals surface area (Å²) in [5, 5.41) is 13.0. The van der Waals surface area contributed by atoms with Gasteiger partial charge in [0.1, 0.15) is 5.60 Å². The van der Waals surface area contributed by atoms with E-state index in [9.17, 15) is 5.11 Å². The third-order valence-electron chi connectivity index (χ3n) is 2.27. The molecule has 0 radical (unpaired) electrons. The van der Waals surface area contributed by atoms with Crippen LogP contribution in [0.2, 0.25) is 0 Å². The number of hydrogen-bond acceptors (Lipinski definition) is 3. The molecule has 64 valence electrons. The van der Waals surface area contributed by atoms with Crippen LogP contribution in [0.5, 0.6) is 0 Å². The maximum atomic E-state index is 9.92.